The fourth-order valence-corrected chi connectivity index (χ4v) is 4.00. The zero-order chi connectivity index (χ0) is 19.4. The summed E-state index contributed by atoms with van der Waals surface area (Å²) in [6, 6.07) is 14.1. The maximum absolute atomic E-state index is 12.6. The van der Waals surface area contributed by atoms with Gasteiger partial charge in [0.25, 0.3) is 0 Å². The van der Waals surface area contributed by atoms with Gasteiger partial charge in [-0.05, 0) is 81.1 Å². The number of carbonyl (C=O) groups is 1. The summed E-state index contributed by atoms with van der Waals surface area (Å²) in [4.78, 5) is 14.7. The summed E-state index contributed by atoms with van der Waals surface area (Å²) in [6.45, 7) is 2.15. The monoisotopic (exact) mass is 366 g/mol. The first kappa shape index (κ1) is 19.4. The van der Waals surface area contributed by atoms with E-state index in [1.54, 1.807) is 12.1 Å². The Bertz CT molecular complexity index is 783. The lowest BCUT2D eigenvalue weighted by atomic mass is 10.00. The molecular formula is C23H30N2O2. The molecule has 0 heterocycles. The Balaban J connectivity index is 1.54. The molecule has 2 aromatic rings. The van der Waals surface area contributed by atoms with E-state index in [4.69, 9.17) is 0 Å². The lowest BCUT2D eigenvalue weighted by Crippen LogP contribution is -2.33. The smallest absolute Gasteiger partial charge is 0.220 e. The van der Waals surface area contributed by atoms with Gasteiger partial charge in [-0.15, -0.1) is 0 Å². The largest absolute Gasteiger partial charge is 0.508 e. The maximum atomic E-state index is 12.6. The molecule has 144 valence electrons. The van der Waals surface area contributed by atoms with E-state index >= 15 is 0 Å². The highest BCUT2D eigenvalue weighted by Gasteiger charge is 2.25. The van der Waals surface area contributed by atoms with Crippen LogP contribution in [0.15, 0.2) is 42.5 Å². The molecular weight excluding hydrogens is 336 g/mol. The summed E-state index contributed by atoms with van der Waals surface area (Å²) in [5.74, 6) is 0.415. The Hall–Kier alpha value is -2.33. The highest BCUT2D eigenvalue weighted by atomic mass is 16.3. The molecule has 0 saturated carbocycles. The van der Waals surface area contributed by atoms with E-state index in [9.17, 15) is 9.90 Å². The van der Waals surface area contributed by atoms with Crippen LogP contribution < -0.4 is 5.32 Å². The first-order valence-electron chi connectivity index (χ1n) is 9.76. The van der Waals surface area contributed by atoms with Crippen molar-refractivity contribution in [1.82, 2.24) is 10.2 Å². The number of benzene rings is 2. The molecule has 4 heteroatoms. The van der Waals surface area contributed by atoms with Crippen LogP contribution in [0.4, 0.5) is 0 Å². The number of aryl methyl sites for hydroxylation is 1. The van der Waals surface area contributed by atoms with Crippen LogP contribution in [0.5, 0.6) is 5.75 Å². The summed E-state index contributed by atoms with van der Waals surface area (Å²) in [5.41, 5.74) is 5.19. The zero-order valence-electron chi connectivity index (χ0n) is 16.5. The van der Waals surface area contributed by atoms with Crippen LogP contribution in [0.2, 0.25) is 0 Å². The van der Waals surface area contributed by atoms with Crippen molar-refractivity contribution < 1.29 is 9.90 Å². The third-order valence-corrected chi connectivity index (χ3v) is 5.68. The normalized spacial score (nSPS) is 17.0. The van der Waals surface area contributed by atoms with Gasteiger partial charge in [0.2, 0.25) is 5.91 Å². The van der Waals surface area contributed by atoms with Gasteiger partial charge in [0.1, 0.15) is 5.75 Å². The second-order valence-electron chi connectivity index (χ2n) is 7.83. The minimum absolute atomic E-state index is 0.131. The Morgan fingerprint density at radius 3 is 2.67 bits per heavy atom. The predicted octanol–water partition coefficient (Wildman–Crippen LogP) is 3.76. The second-order valence-corrected chi connectivity index (χ2v) is 7.83. The molecule has 1 aliphatic rings. The number of likely N-dealkylation sites (N-methyl/N-ethyl adjacent to an activating group) is 1. The van der Waals surface area contributed by atoms with Crippen molar-refractivity contribution >= 4 is 5.91 Å². The van der Waals surface area contributed by atoms with Crippen molar-refractivity contribution in [1.29, 1.82) is 0 Å². The van der Waals surface area contributed by atoms with Crippen molar-refractivity contribution in [3.8, 4) is 5.75 Å². The van der Waals surface area contributed by atoms with Gasteiger partial charge in [-0.25, -0.2) is 0 Å². The van der Waals surface area contributed by atoms with Gasteiger partial charge in [0.15, 0.2) is 0 Å². The first-order chi connectivity index (χ1) is 12.9. The van der Waals surface area contributed by atoms with Gasteiger partial charge in [0, 0.05) is 12.5 Å². The Kier molecular flexibility index (Phi) is 6.17. The van der Waals surface area contributed by atoms with E-state index in [0.29, 0.717) is 12.5 Å². The molecule has 0 spiro atoms. The molecule has 0 aromatic heterocycles. The van der Waals surface area contributed by atoms with Gasteiger partial charge >= 0.3 is 0 Å². The van der Waals surface area contributed by atoms with Crippen molar-refractivity contribution in [2.24, 2.45) is 0 Å². The Morgan fingerprint density at radius 1 is 1.22 bits per heavy atom. The second kappa shape index (κ2) is 8.57. The van der Waals surface area contributed by atoms with Crippen LogP contribution in [0.25, 0.3) is 0 Å². The van der Waals surface area contributed by atoms with Crippen LogP contribution in [0, 0.1) is 6.92 Å². The highest BCUT2D eigenvalue weighted by molar-refractivity contribution is 5.76. The van der Waals surface area contributed by atoms with E-state index < -0.39 is 0 Å². The third-order valence-electron chi connectivity index (χ3n) is 5.68. The van der Waals surface area contributed by atoms with Gasteiger partial charge in [-0.3, -0.25) is 4.79 Å². The van der Waals surface area contributed by atoms with E-state index in [-0.39, 0.29) is 17.7 Å². The molecule has 2 aromatic carbocycles. The van der Waals surface area contributed by atoms with Crippen LogP contribution in [-0.2, 0) is 17.6 Å². The molecule has 0 aliphatic heterocycles. The molecule has 27 heavy (non-hydrogen) atoms. The number of rotatable bonds is 7. The van der Waals surface area contributed by atoms with Crippen LogP contribution in [0.3, 0.4) is 0 Å². The summed E-state index contributed by atoms with van der Waals surface area (Å²) in [7, 11) is 4.11. The average Bonchev–Trinajstić information content (AvgIpc) is 3.04. The number of hydrogen-bond acceptors (Lipinski definition) is 3. The number of phenolic OH excluding ortho intramolecular Hbond substituents is 1. The number of fused-ring (bicyclic) bond motifs is 1. The molecule has 3 rings (SSSR count). The molecule has 0 radical (unpaired) electrons. The summed E-state index contributed by atoms with van der Waals surface area (Å²) in [5, 5.41) is 12.7. The minimum Gasteiger partial charge on any atom is -0.508 e. The maximum Gasteiger partial charge on any atom is 0.220 e. The van der Waals surface area contributed by atoms with Crippen LogP contribution >= 0.6 is 0 Å². The van der Waals surface area contributed by atoms with E-state index in [0.717, 1.165) is 25.7 Å². The van der Waals surface area contributed by atoms with E-state index in [1.165, 1.54) is 22.3 Å². The van der Waals surface area contributed by atoms with Crippen molar-refractivity contribution in [3.05, 3.63) is 64.7 Å². The first-order valence-corrected chi connectivity index (χ1v) is 9.76. The SMILES string of the molecule is Cc1cccc2c1CCC2NC(=O)CCC(Cc1ccc(O)cc1)N(C)C. The molecule has 2 atom stereocenters. The van der Waals surface area contributed by atoms with Crippen LogP contribution in [0.1, 0.15) is 47.6 Å². The Morgan fingerprint density at radius 2 is 1.96 bits per heavy atom. The van der Waals surface area contributed by atoms with Crippen molar-refractivity contribution in [3.63, 3.8) is 0 Å². The zero-order valence-corrected chi connectivity index (χ0v) is 16.5. The predicted molar refractivity (Wildman–Crippen MR) is 109 cm³/mol. The molecule has 0 bridgehead atoms. The summed E-state index contributed by atoms with van der Waals surface area (Å²) >= 11 is 0. The van der Waals surface area contributed by atoms with E-state index in [1.807, 2.05) is 12.1 Å². The number of carbonyl (C=O) groups excluding carboxylic acids is 1. The van der Waals surface area contributed by atoms with Crippen molar-refractivity contribution in [2.45, 2.75) is 51.1 Å². The molecule has 1 amide bonds. The van der Waals surface area contributed by atoms with Gasteiger partial charge in [-0.2, -0.15) is 0 Å². The highest BCUT2D eigenvalue weighted by Crippen LogP contribution is 2.33. The number of amides is 1. The quantitative estimate of drug-likeness (QED) is 0.784. The topological polar surface area (TPSA) is 52.6 Å². The molecule has 0 saturated heterocycles. The summed E-state index contributed by atoms with van der Waals surface area (Å²) < 4.78 is 0. The Labute approximate surface area is 162 Å². The average molecular weight is 367 g/mol. The number of nitrogens with zero attached hydrogens (tertiary/aromatic N) is 1. The number of hydrogen-bond donors (Lipinski definition) is 2. The lowest BCUT2D eigenvalue weighted by molar-refractivity contribution is -0.122. The van der Waals surface area contributed by atoms with Crippen LogP contribution in [-0.4, -0.2) is 36.1 Å². The standard InChI is InChI=1S/C23H30N2O2/c1-16-5-4-6-21-20(16)12-13-22(21)24-23(27)14-9-18(25(2)3)15-17-7-10-19(26)11-8-17/h4-8,10-11,18,22,26H,9,12-15H2,1-3H3,(H,24,27). The minimum atomic E-state index is 0.131. The molecule has 4 nitrogen and oxygen atoms in total. The van der Waals surface area contributed by atoms with Crippen molar-refractivity contribution in [2.75, 3.05) is 14.1 Å². The van der Waals surface area contributed by atoms with Gasteiger partial charge in [0.05, 0.1) is 6.04 Å². The summed E-state index contributed by atoms with van der Waals surface area (Å²) in [6.07, 6.45) is 4.25. The molecule has 2 N–H and O–H groups in total. The third kappa shape index (κ3) is 4.89. The van der Waals surface area contributed by atoms with Gasteiger partial charge in [-0.1, -0.05) is 30.3 Å². The number of aromatic hydroxyl groups is 1. The lowest BCUT2D eigenvalue weighted by Gasteiger charge is -2.25. The number of nitrogens with one attached hydrogen (secondary N) is 1. The van der Waals surface area contributed by atoms with E-state index in [2.05, 4.69) is 49.4 Å². The van der Waals surface area contributed by atoms with Gasteiger partial charge < -0.3 is 15.3 Å². The molecule has 2 unspecified atom stereocenters. The molecule has 1 aliphatic carbocycles. The fraction of sp³-hybridized carbons (Fsp3) is 0.435. The fourth-order valence-electron chi connectivity index (χ4n) is 4.00. The molecule has 0 fully saturated rings. The number of phenols is 1.